The van der Waals surface area contributed by atoms with Crippen LogP contribution in [0.15, 0.2) is 42.5 Å². The van der Waals surface area contributed by atoms with Gasteiger partial charge < -0.3 is 16.4 Å². The van der Waals surface area contributed by atoms with Crippen LogP contribution in [0.2, 0.25) is 10.0 Å². The van der Waals surface area contributed by atoms with Crippen LogP contribution in [0.4, 0.5) is 5.69 Å². The molecule has 5 heteroatoms. The van der Waals surface area contributed by atoms with Crippen molar-refractivity contribution < 1.29 is 0 Å². The van der Waals surface area contributed by atoms with Crippen LogP contribution < -0.4 is 16.4 Å². The van der Waals surface area contributed by atoms with E-state index < -0.39 is 0 Å². The Hall–Kier alpha value is -1.68. The standard InChI is InChI=1S/C18H19Cl2N3/c1-11-8-16(22)14-6-2-4-12(9-21)18(14)23(11)10-13-5-3-7-15(19)17(13)20/h2-8,11H,9-10,21-22H2,1H3. The zero-order valence-electron chi connectivity index (χ0n) is 12.9. The first kappa shape index (κ1) is 16.2. The highest BCUT2D eigenvalue weighted by Crippen LogP contribution is 2.37. The third kappa shape index (κ3) is 2.92. The molecule has 1 aliphatic heterocycles. The van der Waals surface area contributed by atoms with Crippen molar-refractivity contribution in [2.75, 3.05) is 4.90 Å². The van der Waals surface area contributed by atoms with Crippen LogP contribution in [0.5, 0.6) is 0 Å². The number of fused-ring (bicyclic) bond motifs is 1. The summed E-state index contributed by atoms with van der Waals surface area (Å²) in [4.78, 5) is 2.27. The second-order valence-electron chi connectivity index (χ2n) is 5.72. The Labute approximate surface area is 146 Å². The van der Waals surface area contributed by atoms with Gasteiger partial charge >= 0.3 is 0 Å². The highest BCUT2D eigenvalue weighted by Gasteiger charge is 2.25. The Morgan fingerprint density at radius 2 is 1.78 bits per heavy atom. The summed E-state index contributed by atoms with van der Waals surface area (Å²) in [6.07, 6.45) is 2.06. The molecule has 3 nitrogen and oxygen atoms in total. The Morgan fingerprint density at radius 3 is 2.52 bits per heavy atom. The van der Waals surface area contributed by atoms with Crippen LogP contribution >= 0.6 is 23.2 Å². The number of nitrogens with two attached hydrogens (primary N) is 2. The molecule has 4 N–H and O–H groups in total. The summed E-state index contributed by atoms with van der Waals surface area (Å²) in [7, 11) is 0. The maximum atomic E-state index is 6.37. The third-order valence-electron chi connectivity index (χ3n) is 4.22. The van der Waals surface area contributed by atoms with Crippen molar-refractivity contribution in [1.29, 1.82) is 0 Å². The summed E-state index contributed by atoms with van der Waals surface area (Å²) < 4.78 is 0. The fourth-order valence-corrected chi connectivity index (χ4v) is 3.43. The lowest BCUT2D eigenvalue weighted by Gasteiger charge is -2.37. The van der Waals surface area contributed by atoms with Crippen molar-refractivity contribution in [3.8, 4) is 0 Å². The van der Waals surface area contributed by atoms with Crippen LogP contribution in [0.1, 0.15) is 23.6 Å². The Morgan fingerprint density at radius 1 is 1.09 bits per heavy atom. The molecule has 0 aliphatic carbocycles. The Balaban J connectivity index is 2.08. The van der Waals surface area contributed by atoms with Gasteiger partial charge in [0.25, 0.3) is 0 Å². The van der Waals surface area contributed by atoms with Crippen molar-refractivity contribution in [2.24, 2.45) is 11.5 Å². The zero-order chi connectivity index (χ0) is 16.6. The average molecular weight is 348 g/mol. The van der Waals surface area contributed by atoms with Gasteiger partial charge in [-0.05, 0) is 30.2 Å². The molecule has 3 rings (SSSR count). The van der Waals surface area contributed by atoms with Crippen molar-refractivity contribution >= 4 is 34.6 Å². The minimum Gasteiger partial charge on any atom is -0.398 e. The van der Waals surface area contributed by atoms with Crippen LogP contribution in [0.3, 0.4) is 0 Å². The zero-order valence-corrected chi connectivity index (χ0v) is 14.4. The molecule has 2 aromatic rings. The van der Waals surface area contributed by atoms with E-state index in [9.17, 15) is 0 Å². The Bertz CT molecular complexity index is 771. The largest absolute Gasteiger partial charge is 0.398 e. The predicted octanol–water partition coefficient (Wildman–Crippen LogP) is 4.16. The summed E-state index contributed by atoms with van der Waals surface area (Å²) in [5.41, 5.74) is 17.1. The quantitative estimate of drug-likeness (QED) is 0.876. The topological polar surface area (TPSA) is 55.3 Å². The van der Waals surface area contributed by atoms with Crippen LogP contribution in [-0.2, 0) is 13.1 Å². The van der Waals surface area contributed by atoms with Crippen molar-refractivity contribution in [2.45, 2.75) is 26.1 Å². The number of para-hydroxylation sites is 1. The van der Waals surface area contributed by atoms with E-state index in [0.717, 1.165) is 28.1 Å². The fraction of sp³-hybridized carbons (Fsp3) is 0.222. The van der Waals surface area contributed by atoms with Crippen LogP contribution in [0.25, 0.3) is 5.70 Å². The minimum atomic E-state index is 0.144. The molecular weight excluding hydrogens is 329 g/mol. The molecule has 1 aliphatic rings. The summed E-state index contributed by atoms with van der Waals surface area (Å²) in [5, 5.41) is 1.16. The van der Waals surface area contributed by atoms with Gasteiger partial charge in [-0.2, -0.15) is 0 Å². The SMILES string of the molecule is CC1C=C(N)c2cccc(CN)c2N1Cc1cccc(Cl)c1Cl. The number of benzene rings is 2. The molecule has 1 unspecified atom stereocenters. The smallest absolute Gasteiger partial charge is 0.0642 e. The highest BCUT2D eigenvalue weighted by atomic mass is 35.5. The fourth-order valence-electron chi connectivity index (χ4n) is 3.05. The van der Waals surface area contributed by atoms with Gasteiger partial charge in [-0.1, -0.05) is 53.5 Å². The molecule has 1 heterocycles. The maximum Gasteiger partial charge on any atom is 0.0642 e. The molecule has 0 amide bonds. The van der Waals surface area contributed by atoms with E-state index in [4.69, 9.17) is 34.7 Å². The molecule has 1 atom stereocenters. The van der Waals surface area contributed by atoms with Gasteiger partial charge in [0.15, 0.2) is 0 Å². The van der Waals surface area contributed by atoms with E-state index in [-0.39, 0.29) is 6.04 Å². The second-order valence-corrected chi connectivity index (χ2v) is 6.51. The highest BCUT2D eigenvalue weighted by molar-refractivity contribution is 6.42. The van der Waals surface area contributed by atoms with Crippen LogP contribution in [0, 0.1) is 0 Å². The summed E-state index contributed by atoms with van der Waals surface area (Å²) in [5.74, 6) is 0. The van der Waals surface area contributed by atoms with E-state index in [1.54, 1.807) is 6.07 Å². The molecule has 0 aromatic heterocycles. The van der Waals surface area contributed by atoms with Gasteiger partial charge in [-0.15, -0.1) is 0 Å². The van der Waals surface area contributed by atoms with Crippen molar-refractivity contribution in [3.05, 3.63) is 69.2 Å². The monoisotopic (exact) mass is 347 g/mol. The number of halogens is 2. The van der Waals surface area contributed by atoms with Gasteiger partial charge in [0.1, 0.15) is 0 Å². The van der Waals surface area contributed by atoms with E-state index in [1.165, 1.54) is 0 Å². The lowest BCUT2D eigenvalue weighted by molar-refractivity contribution is 0.719. The van der Waals surface area contributed by atoms with E-state index in [2.05, 4.69) is 17.9 Å². The Kier molecular flexibility index (Phi) is 4.53. The number of hydrogen-bond acceptors (Lipinski definition) is 3. The number of nitrogens with zero attached hydrogens (tertiary/aromatic N) is 1. The molecule has 0 radical (unpaired) electrons. The summed E-state index contributed by atoms with van der Waals surface area (Å²) in [6.45, 7) is 3.22. The number of rotatable bonds is 3. The molecule has 0 fully saturated rings. The van der Waals surface area contributed by atoms with Crippen LogP contribution in [-0.4, -0.2) is 6.04 Å². The third-order valence-corrected chi connectivity index (χ3v) is 5.08. The van der Waals surface area contributed by atoms with Crippen molar-refractivity contribution in [1.82, 2.24) is 0 Å². The first-order chi connectivity index (χ1) is 11.0. The normalized spacial score (nSPS) is 17.0. The van der Waals surface area contributed by atoms with Gasteiger partial charge in [0.05, 0.1) is 15.7 Å². The minimum absolute atomic E-state index is 0.144. The van der Waals surface area contributed by atoms with E-state index >= 15 is 0 Å². The average Bonchev–Trinajstić information content (AvgIpc) is 2.54. The van der Waals surface area contributed by atoms with Crippen molar-refractivity contribution in [3.63, 3.8) is 0 Å². The molecule has 0 saturated carbocycles. The molecule has 0 saturated heterocycles. The maximum absolute atomic E-state index is 6.37. The van der Waals surface area contributed by atoms with E-state index in [0.29, 0.717) is 23.1 Å². The van der Waals surface area contributed by atoms with E-state index in [1.807, 2.05) is 30.3 Å². The lowest BCUT2D eigenvalue weighted by Crippen LogP contribution is -2.36. The van der Waals surface area contributed by atoms with Gasteiger partial charge in [-0.3, -0.25) is 0 Å². The summed E-state index contributed by atoms with van der Waals surface area (Å²) in [6, 6.07) is 11.9. The first-order valence-corrected chi connectivity index (χ1v) is 8.27. The number of hydrogen-bond donors (Lipinski definition) is 2. The van der Waals surface area contributed by atoms with Gasteiger partial charge in [-0.25, -0.2) is 0 Å². The van der Waals surface area contributed by atoms with Gasteiger partial charge in [0, 0.05) is 30.4 Å². The predicted molar refractivity (Wildman–Crippen MR) is 98.6 cm³/mol. The molecule has 0 spiro atoms. The second kappa shape index (κ2) is 6.44. The summed E-state index contributed by atoms with van der Waals surface area (Å²) >= 11 is 12.5. The first-order valence-electron chi connectivity index (χ1n) is 7.52. The van der Waals surface area contributed by atoms with Gasteiger partial charge in [0.2, 0.25) is 0 Å². The number of anilines is 1. The molecular formula is C18H19Cl2N3. The lowest BCUT2D eigenvalue weighted by atomic mass is 9.96. The molecule has 2 aromatic carbocycles. The molecule has 23 heavy (non-hydrogen) atoms. The molecule has 120 valence electrons. The molecule has 0 bridgehead atoms.